The number of nitrogens with zero attached hydrogens (tertiary/aromatic N) is 2. The molecule has 0 aromatic heterocycles. The SMILES string of the molecule is CCNC(=O)N1CCCN(c2ccc(S(C)(=O)=O)cc2)CC1. The molecule has 0 spiro atoms. The molecule has 122 valence electrons. The molecule has 2 amide bonds. The van der Waals surface area contributed by atoms with Crippen molar-refractivity contribution in [2.24, 2.45) is 0 Å². The first-order valence-corrected chi connectivity index (χ1v) is 9.39. The van der Waals surface area contributed by atoms with Crippen molar-refractivity contribution in [3.8, 4) is 0 Å². The Labute approximate surface area is 132 Å². The summed E-state index contributed by atoms with van der Waals surface area (Å²) in [7, 11) is -3.16. The lowest BCUT2D eigenvalue weighted by molar-refractivity contribution is 0.202. The van der Waals surface area contributed by atoms with E-state index in [0.29, 0.717) is 18.0 Å². The lowest BCUT2D eigenvalue weighted by Gasteiger charge is -2.24. The molecule has 0 unspecified atom stereocenters. The zero-order valence-electron chi connectivity index (χ0n) is 13.1. The molecule has 1 aliphatic heterocycles. The lowest BCUT2D eigenvalue weighted by atomic mass is 10.2. The summed E-state index contributed by atoms with van der Waals surface area (Å²) in [6.45, 7) is 5.55. The maximum atomic E-state index is 11.9. The van der Waals surface area contributed by atoms with Crippen LogP contribution in [0.4, 0.5) is 10.5 Å². The van der Waals surface area contributed by atoms with Gasteiger partial charge in [0.25, 0.3) is 0 Å². The van der Waals surface area contributed by atoms with Crippen molar-refractivity contribution in [1.82, 2.24) is 10.2 Å². The fraction of sp³-hybridized carbons (Fsp3) is 0.533. The third kappa shape index (κ3) is 4.13. The summed E-state index contributed by atoms with van der Waals surface area (Å²) in [5, 5.41) is 2.82. The van der Waals surface area contributed by atoms with Gasteiger partial charge in [-0.3, -0.25) is 0 Å². The molecule has 1 saturated heterocycles. The number of anilines is 1. The zero-order chi connectivity index (χ0) is 16.2. The van der Waals surface area contributed by atoms with Crippen molar-refractivity contribution >= 4 is 21.6 Å². The Morgan fingerprint density at radius 1 is 1.14 bits per heavy atom. The molecule has 0 bridgehead atoms. The highest BCUT2D eigenvalue weighted by molar-refractivity contribution is 7.90. The molecule has 1 aromatic carbocycles. The highest BCUT2D eigenvalue weighted by atomic mass is 32.2. The number of amides is 2. The van der Waals surface area contributed by atoms with E-state index >= 15 is 0 Å². The molecule has 0 aliphatic carbocycles. The average molecular weight is 325 g/mol. The number of hydrogen-bond donors (Lipinski definition) is 1. The van der Waals surface area contributed by atoms with Gasteiger partial charge in [0, 0.05) is 44.7 Å². The maximum Gasteiger partial charge on any atom is 0.317 e. The van der Waals surface area contributed by atoms with Crippen molar-refractivity contribution in [2.75, 3.05) is 43.9 Å². The first kappa shape index (κ1) is 16.6. The summed E-state index contributed by atoms with van der Waals surface area (Å²) in [5.41, 5.74) is 0.991. The smallest absolute Gasteiger partial charge is 0.317 e. The van der Waals surface area contributed by atoms with E-state index in [4.69, 9.17) is 0 Å². The summed E-state index contributed by atoms with van der Waals surface area (Å²) in [6.07, 6.45) is 2.10. The Bertz CT molecular complexity index is 613. The van der Waals surface area contributed by atoms with Gasteiger partial charge in [0.05, 0.1) is 4.90 Å². The average Bonchev–Trinajstić information content (AvgIpc) is 2.73. The van der Waals surface area contributed by atoms with E-state index in [2.05, 4.69) is 10.2 Å². The summed E-state index contributed by atoms with van der Waals surface area (Å²) in [6, 6.07) is 6.92. The minimum absolute atomic E-state index is 0.0169. The monoisotopic (exact) mass is 325 g/mol. The van der Waals surface area contributed by atoms with Crippen molar-refractivity contribution in [2.45, 2.75) is 18.2 Å². The largest absolute Gasteiger partial charge is 0.370 e. The van der Waals surface area contributed by atoms with E-state index in [1.54, 1.807) is 12.1 Å². The number of benzene rings is 1. The standard InChI is InChI=1S/C15H23N3O3S/c1-3-16-15(19)18-10-4-9-17(11-12-18)13-5-7-14(8-6-13)22(2,20)21/h5-8H,3-4,9-12H2,1-2H3,(H,16,19). The fourth-order valence-electron chi connectivity index (χ4n) is 2.55. The molecule has 6 nitrogen and oxygen atoms in total. The van der Waals surface area contributed by atoms with E-state index in [1.807, 2.05) is 24.0 Å². The summed E-state index contributed by atoms with van der Waals surface area (Å²) in [4.78, 5) is 16.2. The molecule has 0 atom stereocenters. The van der Waals surface area contributed by atoms with Gasteiger partial charge in [-0.05, 0) is 37.6 Å². The molecule has 1 N–H and O–H groups in total. The third-order valence-corrected chi connectivity index (χ3v) is 4.87. The van der Waals surface area contributed by atoms with E-state index in [1.165, 1.54) is 6.26 Å². The molecular formula is C15H23N3O3S. The van der Waals surface area contributed by atoms with Gasteiger partial charge in [-0.2, -0.15) is 0 Å². The van der Waals surface area contributed by atoms with Crippen molar-refractivity contribution < 1.29 is 13.2 Å². The second kappa shape index (κ2) is 7.00. The number of carbonyl (C=O) groups is 1. The van der Waals surface area contributed by atoms with Crippen molar-refractivity contribution in [3.05, 3.63) is 24.3 Å². The minimum atomic E-state index is -3.16. The second-order valence-corrected chi connectivity index (χ2v) is 7.44. The number of sulfone groups is 1. The number of rotatable bonds is 3. The van der Waals surface area contributed by atoms with Crippen molar-refractivity contribution in [3.63, 3.8) is 0 Å². The topological polar surface area (TPSA) is 69.7 Å². The quantitative estimate of drug-likeness (QED) is 0.910. The Kier molecular flexibility index (Phi) is 5.28. The van der Waals surface area contributed by atoms with E-state index in [-0.39, 0.29) is 6.03 Å². The van der Waals surface area contributed by atoms with Gasteiger partial charge in [0.15, 0.2) is 9.84 Å². The molecule has 1 aliphatic rings. The van der Waals surface area contributed by atoms with Gasteiger partial charge in [-0.1, -0.05) is 0 Å². The molecular weight excluding hydrogens is 302 g/mol. The van der Waals surface area contributed by atoms with E-state index < -0.39 is 9.84 Å². The Morgan fingerprint density at radius 3 is 2.41 bits per heavy atom. The fourth-order valence-corrected chi connectivity index (χ4v) is 3.18. The highest BCUT2D eigenvalue weighted by Crippen LogP contribution is 2.19. The first-order valence-electron chi connectivity index (χ1n) is 7.49. The predicted octanol–water partition coefficient (Wildman–Crippen LogP) is 1.33. The lowest BCUT2D eigenvalue weighted by Crippen LogP contribution is -2.41. The summed E-state index contributed by atoms with van der Waals surface area (Å²) < 4.78 is 23.0. The summed E-state index contributed by atoms with van der Waals surface area (Å²) in [5.74, 6) is 0. The van der Waals surface area contributed by atoms with Gasteiger partial charge in [0.2, 0.25) is 0 Å². The molecule has 0 radical (unpaired) electrons. The Morgan fingerprint density at radius 2 is 1.82 bits per heavy atom. The Hall–Kier alpha value is -1.76. The third-order valence-electron chi connectivity index (χ3n) is 3.74. The zero-order valence-corrected chi connectivity index (χ0v) is 13.9. The molecule has 7 heteroatoms. The molecule has 1 heterocycles. The van der Waals surface area contributed by atoms with Gasteiger partial charge < -0.3 is 15.1 Å². The molecule has 22 heavy (non-hydrogen) atoms. The van der Waals surface area contributed by atoms with Crippen LogP contribution in [-0.4, -0.2) is 58.3 Å². The molecule has 2 rings (SSSR count). The molecule has 0 saturated carbocycles. The minimum Gasteiger partial charge on any atom is -0.370 e. The van der Waals surface area contributed by atoms with Crippen LogP contribution in [0.3, 0.4) is 0 Å². The second-order valence-electron chi connectivity index (χ2n) is 5.43. The maximum absolute atomic E-state index is 11.9. The van der Waals surface area contributed by atoms with Crippen LogP contribution < -0.4 is 10.2 Å². The number of carbonyl (C=O) groups excluding carboxylic acids is 1. The van der Waals surface area contributed by atoms with E-state index in [0.717, 1.165) is 31.7 Å². The van der Waals surface area contributed by atoms with Crippen LogP contribution in [0.2, 0.25) is 0 Å². The number of urea groups is 1. The highest BCUT2D eigenvalue weighted by Gasteiger charge is 2.19. The number of nitrogens with one attached hydrogen (secondary N) is 1. The predicted molar refractivity (Wildman–Crippen MR) is 87.0 cm³/mol. The van der Waals surface area contributed by atoms with Crippen LogP contribution in [0.1, 0.15) is 13.3 Å². The van der Waals surface area contributed by atoms with Gasteiger partial charge in [-0.15, -0.1) is 0 Å². The normalized spacial score (nSPS) is 16.3. The van der Waals surface area contributed by atoms with Crippen LogP contribution in [0.25, 0.3) is 0 Å². The van der Waals surface area contributed by atoms with Crippen LogP contribution >= 0.6 is 0 Å². The van der Waals surface area contributed by atoms with Gasteiger partial charge in [0.1, 0.15) is 0 Å². The molecule has 1 fully saturated rings. The van der Waals surface area contributed by atoms with Crippen LogP contribution in [0, 0.1) is 0 Å². The van der Waals surface area contributed by atoms with Gasteiger partial charge >= 0.3 is 6.03 Å². The van der Waals surface area contributed by atoms with Crippen LogP contribution in [0.5, 0.6) is 0 Å². The number of hydrogen-bond acceptors (Lipinski definition) is 4. The van der Waals surface area contributed by atoms with Crippen LogP contribution in [-0.2, 0) is 9.84 Å². The first-order chi connectivity index (χ1) is 10.4. The van der Waals surface area contributed by atoms with Crippen molar-refractivity contribution in [1.29, 1.82) is 0 Å². The van der Waals surface area contributed by atoms with E-state index in [9.17, 15) is 13.2 Å². The van der Waals surface area contributed by atoms with Crippen LogP contribution in [0.15, 0.2) is 29.2 Å². The Balaban J connectivity index is 2.03. The summed E-state index contributed by atoms with van der Waals surface area (Å²) >= 11 is 0. The molecule has 1 aromatic rings. The van der Waals surface area contributed by atoms with Gasteiger partial charge in [-0.25, -0.2) is 13.2 Å².